The Morgan fingerprint density at radius 2 is 1.47 bits per heavy atom. The first-order chi connectivity index (χ1) is 14.3. The van der Waals surface area contributed by atoms with Gasteiger partial charge in [0.1, 0.15) is 6.54 Å². The number of anilines is 1. The summed E-state index contributed by atoms with van der Waals surface area (Å²) in [7, 11) is 0. The zero-order valence-electron chi connectivity index (χ0n) is 19.9. The van der Waals surface area contributed by atoms with Crippen LogP contribution in [0.1, 0.15) is 108 Å². The third kappa shape index (κ3) is 11.1. The lowest BCUT2D eigenvalue weighted by Gasteiger charge is -2.26. The highest BCUT2D eigenvalue weighted by Gasteiger charge is 2.20. The van der Waals surface area contributed by atoms with E-state index in [1.54, 1.807) is 4.90 Å². The number of hydrogen-bond acceptors (Lipinski definition) is 4. The molecule has 6 heteroatoms. The van der Waals surface area contributed by atoms with Gasteiger partial charge < -0.3 is 10.2 Å². The van der Waals surface area contributed by atoms with Crippen LogP contribution in [-0.2, 0) is 9.59 Å². The van der Waals surface area contributed by atoms with E-state index < -0.39 is 0 Å². The molecule has 1 N–H and O–H groups in total. The van der Waals surface area contributed by atoms with Gasteiger partial charge >= 0.3 is 0 Å². The second-order valence-corrected chi connectivity index (χ2v) is 9.81. The van der Waals surface area contributed by atoms with E-state index in [1.807, 2.05) is 27.7 Å². The smallest absolute Gasteiger partial charge is 0.245 e. The lowest BCUT2D eigenvalue weighted by atomic mass is 10.0. The molecule has 0 aliphatic rings. The van der Waals surface area contributed by atoms with Crippen LogP contribution >= 0.6 is 11.3 Å². The fourth-order valence-electron chi connectivity index (χ4n) is 3.48. The van der Waals surface area contributed by atoms with Crippen molar-refractivity contribution in [2.75, 3.05) is 11.9 Å². The van der Waals surface area contributed by atoms with E-state index >= 15 is 0 Å². The Kier molecular flexibility index (Phi) is 13.6. The van der Waals surface area contributed by atoms with Gasteiger partial charge in [-0.2, -0.15) is 0 Å². The predicted molar refractivity (Wildman–Crippen MR) is 128 cm³/mol. The van der Waals surface area contributed by atoms with Gasteiger partial charge in [-0.1, -0.05) is 71.1 Å². The van der Waals surface area contributed by atoms with Crippen LogP contribution < -0.4 is 5.32 Å². The molecule has 0 aromatic carbocycles. The van der Waals surface area contributed by atoms with Crippen molar-refractivity contribution >= 4 is 28.3 Å². The molecular formula is C24H43N3O2S. The Labute approximate surface area is 188 Å². The van der Waals surface area contributed by atoms with Crippen LogP contribution in [-0.4, -0.2) is 34.3 Å². The maximum Gasteiger partial charge on any atom is 0.245 e. The van der Waals surface area contributed by atoms with Gasteiger partial charge in [-0.15, -0.1) is 11.3 Å². The van der Waals surface area contributed by atoms with Crippen molar-refractivity contribution in [2.24, 2.45) is 0 Å². The summed E-state index contributed by atoms with van der Waals surface area (Å²) >= 11 is 1.47. The van der Waals surface area contributed by atoms with Crippen molar-refractivity contribution in [1.29, 1.82) is 0 Å². The number of nitrogens with zero attached hydrogens (tertiary/aromatic N) is 2. The molecule has 0 bridgehead atoms. The predicted octanol–water partition coefficient (Wildman–Crippen LogP) is 6.64. The summed E-state index contributed by atoms with van der Waals surface area (Å²) in [5, 5.41) is 3.44. The Balaban J connectivity index is 2.21. The Morgan fingerprint density at radius 3 is 1.93 bits per heavy atom. The topological polar surface area (TPSA) is 62.3 Å². The van der Waals surface area contributed by atoms with Gasteiger partial charge in [0.05, 0.1) is 5.69 Å². The molecule has 5 nitrogen and oxygen atoms in total. The summed E-state index contributed by atoms with van der Waals surface area (Å²) in [4.78, 5) is 32.1. The molecule has 0 aliphatic carbocycles. The first-order valence-electron chi connectivity index (χ1n) is 11.9. The zero-order chi connectivity index (χ0) is 22.4. The molecular weight excluding hydrogens is 394 g/mol. The molecule has 1 aromatic rings. The van der Waals surface area contributed by atoms with E-state index in [4.69, 9.17) is 0 Å². The highest BCUT2D eigenvalue weighted by molar-refractivity contribution is 7.15. The molecule has 1 aromatic heterocycles. The van der Waals surface area contributed by atoms with E-state index in [0.29, 0.717) is 11.6 Å². The molecule has 0 radical (unpaired) electrons. The first kappa shape index (κ1) is 26.6. The molecule has 1 heterocycles. The van der Waals surface area contributed by atoms with Crippen molar-refractivity contribution in [3.63, 3.8) is 0 Å². The van der Waals surface area contributed by atoms with E-state index in [9.17, 15) is 9.59 Å². The SMILES string of the molecule is CCCCCCCCCCCCCC(=O)N(CC(=O)Nc1nc(C)c(C)s1)C(C)C. The van der Waals surface area contributed by atoms with Crippen LogP contribution in [0.2, 0.25) is 0 Å². The van der Waals surface area contributed by atoms with E-state index in [1.165, 1.54) is 69.1 Å². The molecule has 0 saturated heterocycles. The van der Waals surface area contributed by atoms with Crippen LogP contribution in [0.15, 0.2) is 0 Å². The number of hydrogen-bond donors (Lipinski definition) is 1. The Bertz CT molecular complexity index is 608. The maximum atomic E-state index is 12.6. The monoisotopic (exact) mass is 437 g/mol. The van der Waals surface area contributed by atoms with Crippen molar-refractivity contribution in [2.45, 2.75) is 118 Å². The van der Waals surface area contributed by atoms with Crippen LogP contribution in [0.5, 0.6) is 0 Å². The highest BCUT2D eigenvalue weighted by Crippen LogP contribution is 2.21. The van der Waals surface area contributed by atoms with Gasteiger partial charge in [0.2, 0.25) is 11.8 Å². The molecule has 0 unspecified atom stereocenters. The van der Waals surface area contributed by atoms with Gasteiger partial charge in [0.25, 0.3) is 0 Å². The van der Waals surface area contributed by atoms with E-state index in [-0.39, 0.29) is 24.4 Å². The lowest BCUT2D eigenvalue weighted by Crippen LogP contribution is -2.42. The minimum Gasteiger partial charge on any atom is -0.331 e. The van der Waals surface area contributed by atoms with Gasteiger partial charge in [-0.05, 0) is 34.1 Å². The molecule has 0 saturated carbocycles. The minimum atomic E-state index is -0.176. The number of aryl methyl sites for hydroxylation is 2. The second-order valence-electron chi connectivity index (χ2n) is 8.61. The molecule has 0 atom stereocenters. The summed E-state index contributed by atoms with van der Waals surface area (Å²) in [5.74, 6) is -0.104. The molecule has 172 valence electrons. The number of aromatic nitrogens is 1. The van der Waals surface area contributed by atoms with Gasteiger partial charge in [-0.3, -0.25) is 9.59 Å². The molecule has 2 amide bonds. The van der Waals surface area contributed by atoms with Crippen molar-refractivity contribution in [3.05, 3.63) is 10.6 Å². The summed E-state index contributed by atoms with van der Waals surface area (Å²) in [6.45, 7) is 10.2. The summed E-state index contributed by atoms with van der Waals surface area (Å²) in [6, 6.07) is 0.00993. The fraction of sp³-hybridized carbons (Fsp3) is 0.792. The van der Waals surface area contributed by atoms with E-state index in [2.05, 4.69) is 17.2 Å². The number of nitrogens with one attached hydrogen (secondary N) is 1. The molecule has 1 rings (SSSR count). The van der Waals surface area contributed by atoms with Gasteiger partial charge in [0.15, 0.2) is 5.13 Å². The minimum absolute atomic E-state index is 0.00993. The number of carbonyl (C=O) groups is 2. The van der Waals surface area contributed by atoms with Crippen molar-refractivity contribution < 1.29 is 9.59 Å². The van der Waals surface area contributed by atoms with Crippen LogP contribution in [0.4, 0.5) is 5.13 Å². The fourth-order valence-corrected chi connectivity index (χ4v) is 4.31. The van der Waals surface area contributed by atoms with Crippen molar-refractivity contribution in [1.82, 2.24) is 9.88 Å². The number of rotatable bonds is 16. The second kappa shape index (κ2) is 15.4. The molecule has 30 heavy (non-hydrogen) atoms. The first-order valence-corrected chi connectivity index (χ1v) is 12.7. The van der Waals surface area contributed by atoms with Crippen LogP contribution in [0.25, 0.3) is 0 Å². The number of amides is 2. The normalized spacial score (nSPS) is 11.1. The summed E-state index contributed by atoms with van der Waals surface area (Å²) in [5.41, 5.74) is 0.934. The average Bonchev–Trinajstić information content (AvgIpc) is 3.00. The van der Waals surface area contributed by atoms with Gasteiger partial charge in [0, 0.05) is 17.3 Å². The van der Waals surface area contributed by atoms with Crippen LogP contribution in [0, 0.1) is 13.8 Å². The summed E-state index contributed by atoms with van der Waals surface area (Å²) in [6.07, 6.45) is 14.5. The molecule has 0 fully saturated rings. The number of unbranched alkanes of at least 4 members (excludes halogenated alkanes) is 10. The highest BCUT2D eigenvalue weighted by atomic mass is 32.1. The largest absolute Gasteiger partial charge is 0.331 e. The molecule has 0 aliphatic heterocycles. The lowest BCUT2D eigenvalue weighted by molar-refractivity contribution is -0.136. The average molecular weight is 438 g/mol. The third-order valence-electron chi connectivity index (χ3n) is 5.53. The van der Waals surface area contributed by atoms with Crippen molar-refractivity contribution in [3.8, 4) is 0 Å². The third-order valence-corrected chi connectivity index (χ3v) is 6.52. The Morgan fingerprint density at radius 1 is 0.933 bits per heavy atom. The van der Waals surface area contributed by atoms with Crippen LogP contribution in [0.3, 0.4) is 0 Å². The molecule has 0 spiro atoms. The van der Waals surface area contributed by atoms with Gasteiger partial charge in [-0.25, -0.2) is 4.98 Å². The quantitative estimate of drug-likeness (QED) is 0.295. The maximum absolute atomic E-state index is 12.6. The van der Waals surface area contributed by atoms with E-state index in [0.717, 1.165) is 23.4 Å². The Hall–Kier alpha value is -1.43. The number of carbonyl (C=O) groups excluding carboxylic acids is 2. The summed E-state index contributed by atoms with van der Waals surface area (Å²) < 4.78 is 0. The number of thiazole rings is 1. The standard InChI is InChI=1S/C24H43N3O2S/c1-6-7-8-9-10-11-12-13-14-15-16-17-23(29)27(19(2)3)18-22(28)26-24-25-20(4)21(5)30-24/h19H,6-18H2,1-5H3,(H,25,26,28). The zero-order valence-corrected chi connectivity index (χ0v) is 20.7.